The molecule has 0 rings (SSSR count). The van der Waals surface area contributed by atoms with Gasteiger partial charge >= 0.3 is 0 Å². The van der Waals surface area contributed by atoms with Gasteiger partial charge in [-0.2, -0.15) is 0 Å². The molecule has 2 amide bonds. The molecule has 0 saturated heterocycles. The second-order valence-electron chi connectivity index (χ2n) is 6.98. The summed E-state index contributed by atoms with van der Waals surface area (Å²) in [4.78, 5) is 21.8. The highest BCUT2D eigenvalue weighted by Gasteiger charge is 2.19. The van der Waals surface area contributed by atoms with Crippen LogP contribution in [0.15, 0.2) is 0 Å². The van der Waals surface area contributed by atoms with Crippen molar-refractivity contribution in [2.45, 2.75) is 25.7 Å². The fraction of sp³-hybridized carbons (Fsp3) is 0.857. The van der Waals surface area contributed by atoms with Gasteiger partial charge in [0.15, 0.2) is 13.1 Å². The summed E-state index contributed by atoms with van der Waals surface area (Å²) in [5, 5.41) is 0. The van der Waals surface area contributed by atoms with Crippen molar-refractivity contribution in [2.24, 2.45) is 11.5 Å². The third-order valence-corrected chi connectivity index (χ3v) is 3.44. The van der Waals surface area contributed by atoms with E-state index >= 15 is 0 Å². The highest BCUT2D eigenvalue weighted by Crippen LogP contribution is 2.08. The molecule has 0 aromatic heterocycles. The summed E-state index contributed by atoms with van der Waals surface area (Å²) in [7, 11) is 8.10. The maximum absolute atomic E-state index is 10.9. The summed E-state index contributed by atoms with van der Waals surface area (Å²) in [5.41, 5.74) is 10.4. The molecule has 0 radical (unpaired) electrons. The van der Waals surface area contributed by atoms with Gasteiger partial charge in [0.1, 0.15) is 0 Å². The lowest BCUT2D eigenvalue weighted by Gasteiger charge is -2.29. The number of amides is 2. The zero-order chi connectivity index (χ0) is 15.8. The Balaban J connectivity index is 3.72. The summed E-state index contributed by atoms with van der Waals surface area (Å²) >= 11 is 0. The van der Waals surface area contributed by atoms with E-state index in [0.29, 0.717) is 22.1 Å². The van der Waals surface area contributed by atoms with E-state index in [-0.39, 0.29) is 11.8 Å². The van der Waals surface area contributed by atoms with Crippen LogP contribution in [0.5, 0.6) is 0 Å². The Kier molecular flexibility index (Phi) is 7.75. The molecule has 20 heavy (non-hydrogen) atoms. The van der Waals surface area contributed by atoms with Crippen LogP contribution in [-0.2, 0) is 9.59 Å². The number of unbranched alkanes of at least 4 members (excludes halogenated alkanes) is 3. The molecule has 0 saturated carbocycles. The zero-order valence-electron chi connectivity index (χ0n) is 13.5. The van der Waals surface area contributed by atoms with Crippen LogP contribution >= 0.6 is 0 Å². The van der Waals surface area contributed by atoms with E-state index in [1.165, 1.54) is 0 Å². The van der Waals surface area contributed by atoms with E-state index in [2.05, 4.69) is 0 Å². The van der Waals surface area contributed by atoms with Gasteiger partial charge < -0.3 is 20.4 Å². The lowest BCUT2D eigenvalue weighted by molar-refractivity contribution is -0.883. The molecule has 0 fully saturated rings. The molecule has 6 heteroatoms. The number of hydrogen-bond donors (Lipinski definition) is 2. The average molecular weight is 288 g/mol. The van der Waals surface area contributed by atoms with Gasteiger partial charge in [0.05, 0.1) is 41.3 Å². The molecule has 0 spiro atoms. The lowest BCUT2D eigenvalue weighted by atomic mass is 10.1. The third kappa shape index (κ3) is 10.8. The van der Waals surface area contributed by atoms with Gasteiger partial charge in [-0.25, -0.2) is 0 Å². The molecule has 0 heterocycles. The van der Waals surface area contributed by atoms with Crippen LogP contribution in [0.4, 0.5) is 0 Å². The van der Waals surface area contributed by atoms with E-state index in [1.807, 2.05) is 28.2 Å². The highest BCUT2D eigenvalue weighted by molar-refractivity contribution is 5.75. The molecule has 0 aliphatic carbocycles. The Bertz CT molecular complexity index is 295. The predicted octanol–water partition coefficient (Wildman–Crippen LogP) is -0.330. The minimum Gasteiger partial charge on any atom is -0.365 e. The SMILES string of the molecule is C[N+](C)(CCCCCC[N+](C)(C)CC(N)=O)CC(N)=O. The number of hydrogen-bond acceptors (Lipinski definition) is 2. The summed E-state index contributed by atoms with van der Waals surface area (Å²) < 4.78 is 1.30. The first kappa shape index (κ1) is 18.9. The fourth-order valence-corrected chi connectivity index (χ4v) is 2.44. The number of primary amides is 2. The van der Waals surface area contributed by atoms with Crippen molar-refractivity contribution < 1.29 is 18.6 Å². The van der Waals surface area contributed by atoms with Crippen molar-refractivity contribution in [3.05, 3.63) is 0 Å². The van der Waals surface area contributed by atoms with Gasteiger partial charge in [0.2, 0.25) is 0 Å². The van der Waals surface area contributed by atoms with Gasteiger partial charge in [0.25, 0.3) is 11.8 Å². The van der Waals surface area contributed by atoms with Crippen LogP contribution < -0.4 is 11.5 Å². The van der Waals surface area contributed by atoms with Gasteiger partial charge in [-0.05, 0) is 25.7 Å². The first-order chi connectivity index (χ1) is 9.04. The predicted molar refractivity (Wildman–Crippen MR) is 80.5 cm³/mol. The van der Waals surface area contributed by atoms with Crippen molar-refractivity contribution >= 4 is 11.8 Å². The van der Waals surface area contributed by atoms with Gasteiger partial charge in [-0.1, -0.05) is 0 Å². The quantitative estimate of drug-likeness (QED) is 0.403. The molecule has 0 unspecified atom stereocenters. The molecule has 118 valence electrons. The fourth-order valence-electron chi connectivity index (χ4n) is 2.44. The number of carbonyl (C=O) groups is 2. The van der Waals surface area contributed by atoms with E-state index in [9.17, 15) is 9.59 Å². The second-order valence-corrected chi connectivity index (χ2v) is 6.98. The summed E-state index contributed by atoms with van der Waals surface area (Å²) in [6.45, 7) is 2.70. The Morgan fingerprint density at radius 3 is 1.25 bits per heavy atom. The van der Waals surface area contributed by atoms with Gasteiger partial charge in [0, 0.05) is 0 Å². The molecular formula is C14H32N4O2+2. The molecular weight excluding hydrogens is 256 g/mol. The van der Waals surface area contributed by atoms with Crippen molar-refractivity contribution in [1.82, 2.24) is 0 Å². The van der Waals surface area contributed by atoms with Crippen LogP contribution in [0.1, 0.15) is 25.7 Å². The summed E-state index contributed by atoms with van der Waals surface area (Å²) in [6.07, 6.45) is 4.45. The Hall–Kier alpha value is -1.14. The largest absolute Gasteiger partial charge is 0.365 e. The van der Waals surface area contributed by atoms with Gasteiger partial charge in [-0.3, -0.25) is 9.59 Å². The zero-order valence-corrected chi connectivity index (χ0v) is 13.5. The molecule has 0 aliphatic heterocycles. The minimum absolute atomic E-state index is 0.250. The molecule has 4 N–H and O–H groups in total. The topological polar surface area (TPSA) is 86.2 Å². The first-order valence-corrected chi connectivity index (χ1v) is 7.25. The average Bonchev–Trinajstić information content (AvgIpc) is 2.19. The van der Waals surface area contributed by atoms with E-state index in [4.69, 9.17) is 11.5 Å². The summed E-state index contributed by atoms with van der Waals surface area (Å²) in [6, 6.07) is 0. The van der Waals surface area contributed by atoms with Crippen molar-refractivity contribution in [3.63, 3.8) is 0 Å². The van der Waals surface area contributed by atoms with Crippen LogP contribution in [0, 0.1) is 0 Å². The van der Waals surface area contributed by atoms with Gasteiger partial charge in [-0.15, -0.1) is 0 Å². The third-order valence-electron chi connectivity index (χ3n) is 3.44. The molecule has 0 atom stereocenters. The Morgan fingerprint density at radius 1 is 0.700 bits per heavy atom. The number of quaternary nitrogens is 2. The molecule has 0 aromatic carbocycles. The van der Waals surface area contributed by atoms with Crippen LogP contribution in [0.25, 0.3) is 0 Å². The molecule has 0 bridgehead atoms. The first-order valence-electron chi connectivity index (χ1n) is 7.25. The number of likely N-dealkylation sites (N-methyl/N-ethyl adjacent to an activating group) is 2. The monoisotopic (exact) mass is 288 g/mol. The number of nitrogens with zero attached hydrogens (tertiary/aromatic N) is 2. The normalized spacial score (nSPS) is 12.4. The molecule has 0 aromatic rings. The minimum atomic E-state index is -0.250. The smallest absolute Gasteiger partial charge is 0.272 e. The summed E-state index contributed by atoms with van der Waals surface area (Å²) in [5.74, 6) is -0.499. The Morgan fingerprint density at radius 2 is 1.00 bits per heavy atom. The van der Waals surface area contributed by atoms with Crippen LogP contribution in [0.3, 0.4) is 0 Å². The maximum atomic E-state index is 10.9. The van der Waals surface area contributed by atoms with E-state index < -0.39 is 0 Å². The van der Waals surface area contributed by atoms with Crippen molar-refractivity contribution in [2.75, 3.05) is 54.4 Å². The number of rotatable bonds is 11. The van der Waals surface area contributed by atoms with Crippen molar-refractivity contribution in [3.8, 4) is 0 Å². The molecule has 6 nitrogen and oxygen atoms in total. The Labute approximate surface area is 122 Å². The lowest BCUT2D eigenvalue weighted by Crippen LogP contribution is -2.47. The van der Waals surface area contributed by atoms with Crippen LogP contribution in [-0.4, -0.2) is 75.2 Å². The second kappa shape index (κ2) is 8.21. The standard InChI is InChI=1S/C14H30N4O2/c1-17(2,11-13(15)19)9-7-5-6-8-10-18(3,4)12-14(16)20/h5-12H2,1-4H3,(H2-2,15,16,19,20)/p+2. The number of nitrogens with two attached hydrogens (primary N) is 2. The maximum Gasteiger partial charge on any atom is 0.272 e. The van der Waals surface area contributed by atoms with Crippen molar-refractivity contribution in [1.29, 1.82) is 0 Å². The van der Waals surface area contributed by atoms with E-state index in [1.54, 1.807) is 0 Å². The molecule has 0 aliphatic rings. The highest BCUT2D eigenvalue weighted by atomic mass is 16.1. The van der Waals surface area contributed by atoms with E-state index in [0.717, 1.165) is 38.8 Å². The van der Waals surface area contributed by atoms with Crippen LogP contribution in [0.2, 0.25) is 0 Å². The number of carbonyl (C=O) groups excluding carboxylic acids is 2.